The van der Waals surface area contributed by atoms with Gasteiger partial charge >= 0.3 is 5.97 Å². The first-order valence-corrected chi connectivity index (χ1v) is 5.72. The minimum atomic E-state index is -1.19. The summed E-state index contributed by atoms with van der Waals surface area (Å²) in [5, 5.41) is 8.76. The molecule has 96 valence electrons. The molecule has 0 saturated carbocycles. The molecule has 1 N–H and O–H groups in total. The molecule has 1 aromatic heterocycles. The molecule has 0 unspecified atom stereocenters. The first kappa shape index (κ1) is 11.7. The molecule has 2 aromatic rings. The molecule has 0 spiro atoms. The molecule has 3 rings (SSSR count). The van der Waals surface area contributed by atoms with Gasteiger partial charge < -0.3 is 14.3 Å². The maximum absolute atomic E-state index is 12.2. The van der Waals surface area contributed by atoms with E-state index in [1.807, 2.05) is 6.07 Å². The summed E-state index contributed by atoms with van der Waals surface area (Å²) >= 11 is 0. The van der Waals surface area contributed by atoms with E-state index in [-0.39, 0.29) is 17.3 Å². The van der Waals surface area contributed by atoms with Crippen LogP contribution in [0, 0.1) is 0 Å². The lowest BCUT2D eigenvalue weighted by Gasteiger charge is -2.01. The molecule has 0 radical (unpaired) electrons. The fraction of sp³-hybridized carbons (Fsp3) is 0.143. The van der Waals surface area contributed by atoms with Crippen LogP contribution in [0.4, 0.5) is 0 Å². The Morgan fingerprint density at radius 2 is 1.74 bits per heavy atom. The van der Waals surface area contributed by atoms with Crippen LogP contribution in [-0.4, -0.2) is 16.9 Å². The smallest absolute Gasteiger partial charge is 0.371 e. The Balaban J connectivity index is 1.92. The highest BCUT2D eigenvalue weighted by Crippen LogP contribution is 2.22. The Hall–Kier alpha value is -2.40. The molecule has 19 heavy (non-hydrogen) atoms. The molecule has 1 aliphatic heterocycles. The molecule has 0 aliphatic carbocycles. The molecule has 1 aliphatic rings. The number of hydrogen-bond acceptors (Lipinski definition) is 4. The number of aromatic carboxylic acids is 1. The molecular formula is C14H10O5. The average molecular weight is 258 g/mol. The van der Waals surface area contributed by atoms with E-state index in [1.165, 1.54) is 12.1 Å². The van der Waals surface area contributed by atoms with Crippen LogP contribution >= 0.6 is 0 Å². The molecule has 0 atom stereocenters. The lowest BCUT2D eigenvalue weighted by atomic mass is 10.0. The summed E-state index contributed by atoms with van der Waals surface area (Å²) in [7, 11) is 0. The van der Waals surface area contributed by atoms with Gasteiger partial charge in [-0.25, -0.2) is 4.79 Å². The van der Waals surface area contributed by atoms with Crippen LogP contribution in [0.1, 0.15) is 37.8 Å². The molecular weight excluding hydrogens is 248 g/mol. The van der Waals surface area contributed by atoms with Crippen LogP contribution in [-0.2, 0) is 18.0 Å². The fourth-order valence-corrected chi connectivity index (χ4v) is 2.03. The van der Waals surface area contributed by atoms with Gasteiger partial charge in [0, 0.05) is 5.56 Å². The predicted octanol–water partition coefficient (Wildman–Crippen LogP) is 2.24. The summed E-state index contributed by atoms with van der Waals surface area (Å²) in [5.41, 5.74) is 2.52. The molecule has 1 aromatic carbocycles. The van der Waals surface area contributed by atoms with Crippen molar-refractivity contribution in [2.24, 2.45) is 0 Å². The molecule has 5 heteroatoms. The van der Waals surface area contributed by atoms with E-state index in [0.29, 0.717) is 18.8 Å². The van der Waals surface area contributed by atoms with Gasteiger partial charge in [0.1, 0.15) is 0 Å². The third-order valence-electron chi connectivity index (χ3n) is 3.02. The van der Waals surface area contributed by atoms with Gasteiger partial charge in [-0.1, -0.05) is 12.1 Å². The number of rotatable bonds is 3. The Labute approximate surface area is 108 Å². The summed E-state index contributed by atoms with van der Waals surface area (Å²) in [5.74, 6) is -1.74. The maximum Gasteiger partial charge on any atom is 0.371 e. The first-order chi connectivity index (χ1) is 9.15. The van der Waals surface area contributed by atoms with Gasteiger partial charge in [-0.15, -0.1) is 0 Å². The Morgan fingerprint density at radius 1 is 1.00 bits per heavy atom. The van der Waals surface area contributed by atoms with Gasteiger partial charge in [-0.3, -0.25) is 4.79 Å². The van der Waals surface area contributed by atoms with Crippen molar-refractivity contribution in [1.29, 1.82) is 0 Å². The standard InChI is InChI=1S/C14H10O5/c15-13(11-3-4-12(19-11)14(16)17)8-1-2-9-6-18-7-10(9)5-8/h1-5H,6-7H2,(H,16,17). The number of ether oxygens (including phenoxy) is 1. The number of ketones is 1. The van der Waals surface area contributed by atoms with Crippen LogP contribution < -0.4 is 0 Å². The first-order valence-electron chi connectivity index (χ1n) is 5.72. The van der Waals surface area contributed by atoms with Crippen LogP contribution in [0.15, 0.2) is 34.7 Å². The second-order valence-electron chi connectivity index (χ2n) is 4.27. The predicted molar refractivity (Wildman–Crippen MR) is 64.0 cm³/mol. The lowest BCUT2D eigenvalue weighted by Crippen LogP contribution is -2.01. The van der Waals surface area contributed by atoms with Crippen molar-refractivity contribution in [3.8, 4) is 0 Å². The van der Waals surface area contributed by atoms with Crippen molar-refractivity contribution >= 4 is 11.8 Å². The van der Waals surface area contributed by atoms with E-state index in [2.05, 4.69) is 0 Å². The molecule has 0 amide bonds. The lowest BCUT2D eigenvalue weighted by molar-refractivity contribution is 0.0660. The van der Waals surface area contributed by atoms with Gasteiger partial charge in [0.25, 0.3) is 0 Å². The quantitative estimate of drug-likeness (QED) is 0.854. The molecule has 0 saturated heterocycles. The monoisotopic (exact) mass is 258 g/mol. The van der Waals surface area contributed by atoms with Gasteiger partial charge in [-0.05, 0) is 29.3 Å². The number of carboxylic acids is 1. The highest BCUT2D eigenvalue weighted by Gasteiger charge is 2.19. The largest absolute Gasteiger partial charge is 0.475 e. The van der Waals surface area contributed by atoms with E-state index in [1.54, 1.807) is 12.1 Å². The summed E-state index contributed by atoms with van der Waals surface area (Å²) in [6, 6.07) is 7.94. The van der Waals surface area contributed by atoms with Crippen LogP contribution in [0.5, 0.6) is 0 Å². The van der Waals surface area contributed by atoms with Crippen LogP contribution in [0.2, 0.25) is 0 Å². The Morgan fingerprint density at radius 3 is 2.47 bits per heavy atom. The van der Waals surface area contributed by atoms with E-state index in [4.69, 9.17) is 14.3 Å². The third kappa shape index (κ3) is 2.04. The number of furan rings is 1. The normalized spacial score (nSPS) is 13.3. The fourth-order valence-electron chi connectivity index (χ4n) is 2.03. The molecule has 0 bridgehead atoms. The van der Waals surface area contributed by atoms with Crippen LogP contribution in [0.3, 0.4) is 0 Å². The second kappa shape index (κ2) is 4.37. The number of benzene rings is 1. The number of carboxylic acid groups (broad SMARTS) is 1. The topological polar surface area (TPSA) is 76.7 Å². The number of carbonyl (C=O) groups excluding carboxylic acids is 1. The van der Waals surface area contributed by atoms with Crippen molar-refractivity contribution < 1.29 is 23.8 Å². The van der Waals surface area contributed by atoms with Crippen molar-refractivity contribution in [1.82, 2.24) is 0 Å². The van der Waals surface area contributed by atoms with Crippen LogP contribution in [0.25, 0.3) is 0 Å². The number of hydrogen-bond donors (Lipinski definition) is 1. The summed E-state index contributed by atoms with van der Waals surface area (Å²) < 4.78 is 10.3. The van der Waals surface area contributed by atoms with E-state index >= 15 is 0 Å². The van der Waals surface area contributed by atoms with Crippen molar-refractivity contribution in [2.75, 3.05) is 0 Å². The Kier molecular flexibility index (Phi) is 2.68. The molecule has 2 heterocycles. The number of fused-ring (bicyclic) bond motifs is 1. The SMILES string of the molecule is O=C(O)c1ccc(C(=O)c2ccc3c(c2)COC3)o1. The summed E-state index contributed by atoms with van der Waals surface area (Å²) in [6.07, 6.45) is 0. The van der Waals surface area contributed by atoms with E-state index in [9.17, 15) is 9.59 Å². The van der Waals surface area contributed by atoms with Gasteiger partial charge in [-0.2, -0.15) is 0 Å². The molecule has 5 nitrogen and oxygen atoms in total. The zero-order valence-electron chi connectivity index (χ0n) is 9.88. The van der Waals surface area contributed by atoms with Crippen molar-refractivity contribution in [2.45, 2.75) is 13.2 Å². The highest BCUT2D eigenvalue weighted by atomic mass is 16.5. The van der Waals surface area contributed by atoms with Crippen molar-refractivity contribution in [3.63, 3.8) is 0 Å². The second-order valence-corrected chi connectivity index (χ2v) is 4.27. The highest BCUT2D eigenvalue weighted by molar-refractivity contribution is 6.07. The van der Waals surface area contributed by atoms with Gasteiger partial charge in [0.2, 0.25) is 11.5 Å². The minimum Gasteiger partial charge on any atom is -0.475 e. The van der Waals surface area contributed by atoms with Crippen molar-refractivity contribution in [3.05, 3.63) is 58.5 Å². The maximum atomic E-state index is 12.2. The Bertz CT molecular complexity index is 668. The minimum absolute atomic E-state index is 0.0243. The molecule has 0 fully saturated rings. The van der Waals surface area contributed by atoms with Gasteiger partial charge in [0.15, 0.2) is 5.76 Å². The average Bonchev–Trinajstić information content (AvgIpc) is 3.06. The van der Waals surface area contributed by atoms with Gasteiger partial charge in [0.05, 0.1) is 13.2 Å². The third-order valence-corrected chi connectivity index (χ3v) is 3.02. The van der Waals surface area contributed by atoms with E-state index in [0.717, 1.165) is 11.1 Å². The number of carbonyl (C=O) groups is 2. The summed E-state index contributed by atoms with van der Waals surface area (Å²) in [4.78, 5) is 22.9. The zero-order chi connectivity index (χ0) is 13.4. The van der Waals surface area contributed by atoms with E-state index < -0.39 is 5.97 Å². The zero-order valence-corrected chi connectivity index (χ0v) is 9.88. The summed E-state index contributed by atoms with van der Waals surface area (Å²) in [6.45, 7) is 1.06.